The average Bonchev–Trinajstić information content (AvgIpc) is 2.17. The summed E-state index contributed by atoms with van der Waals surface area (Å²) >= 11 is 3.34. The third-order valence-electron chi connectivity index (χ3n) is 1.86. The third-order valence-corrected chi connectivity index (χ3v) is 2.55. The molecule has 0 aromatic heterocycles. The highest BCUT2D eigenvalue weighted by Crippen LogP contribution is 2.16. The molecule has 2 nitrogen and oxygen atoms in total. The molecule has 0 atom stereocenters. The van der Waals surface area contributed by atoms with E-state index in [-0.39, 0.29) is 12.4 Å². The predicted octanol–water partition coefficient (Wildman–Crippen LogP) is 3.30. The smallest absolute Gasteiger partial charge is 0.189 e. The Labute approximate surface area is 98.8 Å². The van der Waals surface area contributed by atoms with Crippen LogP contribution in [-0.4, -0.2) is 19.0 Å². The van der Waals surface area contributed by atoms with E-state index < -0.39 is 0 Å². The van der Waals surface area contributed by atoms with Gasteiger partial charge in [-0.05, 0) is 12.0 Å². The summed E-state index contributed by atoms with van der Waals surface area (Å²) in [5, 5.41) is 0. The van der Waals surface area contributed by atoms with Crippen molar-refractivity contribution in [3.05, 3.63) is 34.3 Å². The number of rotatable bonds is 5. The zero-order chi connectivity index (χ0) is 11.3. The van der Waals surface area contributed by atoms with Crippen molar-refractivity contribution in [2.75, 3.05) is 13.2 Å². The second kappa shape index (κ2) is 6.03. The molecule has 0 aliphatic heterocycles. The maximum absolute atomic E-state index is 11.7. The van der Waals surface area contributed by atoms with Gasteiger partial charge in [0.2, 0.25) is 0 Å². The number of carbonyl (C=O) groups excluding carboxylic acids is 1. The van der Waals surface area contributed by atoms with Gasteiger partial charge >= 0.3 is 0 Å². The highest BCUT2D eigenvalue weighted by atomic mass is 79.9. The average molecular weight is 271 g/mol. The molecule has 0 radical (unpaired) electrons. The standard InChI is InChI=1S/C12H15BrO2/c1-9(2)7-15-8-12(14)10-5-3-4-6-11(10)13/h3-6,9H,7-8H2,1-2H3. The van der Waals surface area contributed by atoms with Crippen LogP contribution < -0.4 is 0 Å². The number of hydrogen-bond donors (Lipinski definition) is 0. The van der Waals surface area contributed by atoms with Crippen molar-refractivity contribution in [1.29, 1.82) is 0 Å². The molecule has 0 bridgehead atoms. The van der Waals surface area contributed by atoms with Gasteiger partial charge in [0.05, 0.1) is 0 Å². The Kier molecular flexibility index (Phi) is 4.99. The highest BCUT2D eigenvalue weighted by molar-refractivity contribution is 9.10. The van der Waals surface area contributed by atoms with E-state index in [1.165, 1.54) is 0 Å². The molecular weight excluding hydrogens is 256 g/mol. The summed E-state index contributed by atoms with van der Waals surface area (Å²) in [5.41, 5.74) is 0.682. The van der Waals surface area contributed by atoms with E-state index in [1.807, 2.05) is 18.2 Å². The van der Waals surface area contributed by atoms with Crippen LogP contribution in [0.15, 0.2) is 28.7 Å². The van der Waals surface area contributed by atoms with Crippen LogP contribution in [0.5, 0.6) is 0 Å². The topological polar surface area (TPSA) is 26.3 Å². The maximum Gasteiger partial charge on any atom is 0.189 e. The van der Waals surface area contributed by atoms with E-state index in [0.717, 1.165) is 4.47 Å². The van der Waals surface area contributed by atoms with Gasteiger partial charge in [-0.15, -0.1) is 0 Å². The summed E-state index contributed by atoms with van der Waals surface area (Å²) < 4.78 is 6.12. The van der Waals surface area contributed by atoms with E-state index in [0.29, 0.717) is 18.1 Å². The van der Waals surface area contributed by atoms with E-state index >= 15 is 0 Å². The van der Waals surface area contributed by atoms with Crippen LogP contribution in [0.4, 0.5) is 0 Å². The Hall–Kier alpha value is -0.670. The molecule has 82 valence electrons. The Bertz CT molecular complexity index is 334. The molecule has 1 aromatic carbocycles. The molecule has 3 heteroatoms. The van der Waals surface area contributed by atoms with Crippen LogP contribution in [0, 0.1) is 5.92 Å². The molecule has 0 saturated carbocycles. The van der Waals surface area contributed by atoms with Crippen molar-refractivity contribution in [3.63, 3.8) is 0 Å². The second-order valence-corrected chi connectivity index (χ2v) is 4.67. The number of halogens is 1. The first-order valence-electron chi connectivity index (χ1n) is 4.96. The van der Waals surface area contributed by atoms with E-state index in [2.05, 4.69) is 29.8 Å². The van der Waals surface area contributed by atoms with E-state index in [1.54, 1.807) is 6.07 Å². The van der Waals surface area contributed by atoms with Crippen molar-refractivity contribution in [2.24, 2.45) is 5.92 Å². The summed E-state index contributed by atoms with van der Waals surface area (Å²) in [4.78, 5) is 11.7. The fraction of sp³-hybridized carbons (Fsp3) is 0.417. The van der Waals surface area contributed by atoms with Gasteiger partial charge in [0.15, 0.2) is 5.78 Å². The Morgan fingerprint density at radius 1 is 1.40 bits per heavy atom. The lowest BCUT2D eigenvalue weighted by Crippen LogP contribution is -2.12. The van der Waals surface area contributed by atoms with Crippen molar-refractivity contribution in [1.82, 2.24) is 0 Å². The molecule has 0 spiro atoms. The minimum Gasteiger partial charge on any atom is -0.373 e. The fourth-order valence-corrected chi connectivity index (χ4v) is 1.66. The lowest BCUT2D eigenvalue weighted by atomic mass is 10.1. The summed E-state index contributed by atoms with van der Waals surface area (Å²) in [6, 6.07) is 7.39. The number of ether oxygens (including phenoxy) is 1. The summed E-state index contributed by atoms with van der Waals surface area (Å²) in [6.07, 6.45) is 0. The Morgan fingerprint density at radius 2 is 2.07 bits per heavy atom. The van der Waals surface area contributed by atoms with Gasteiger partial charge in [0, 0.05) is 16.6 Å². The normalized spacial score (nSPS) is 10.7. The van der Waals surface area contributed by atoms with Gasteiger partial charge < -0.3 is 4.74 Å². The number of ketones is 1. The zero-order valence-electron chi connectivity index (χ0n) is 9.00. The van der Waals surface area contributed by atoms with Crippen molar-refractivity contribution in [3.8, 4) is 0 Å². The van der Waals surface area contributed by atoms with Gasteiger partial charge in [-0.3, -0.25) is 4.79 Å². The Balaban J connectivity index is 2.51. The molecular formula is C12H15BrO2. The van der Waals surface area contributed by atoms with E-state index in [4.69, 9.17) is 4.74 Å². The summed E-state index contributed by atoms with van der Waals surface area (Å²) in [5.74, 6) is 0.472. The van der Waals surface area contributed by atoms with Crippen LogP contribution in [0.1, 0.15) is 24.2 Å². The number of hydrogen-bond acceptors (Lipinski definition) is 2. The lowest BCUT2D eigenvalue weighted by molar-refractivity contribution is 0.0705. The van der Waals surface area contributed by atoms with Gasteiger partial charge in [-0.1, -0.05) is 48.0 Å². The van der Waals surface area contributed by atoms with Crippen LogP contribution >= 0.6 is 15.9 Å². The van der Waals surface area contributed by atoms with Crippen molar-refractivity contribution >= 4 is 21.7 Å². The largest absolute Gasteiger partial charge is 0.373 e. The fourth-order valence-electron chi connectivity index (χ4n) is 1.15. The molecule has 0 aliphatic carbocycles. The van der Waals surface area contributed by atoms with Gasteiger partial charge in [-0.25, -0.2) is 0 Å². The second-order valence-electron chi connectivity index (χ2n) is 3.81. The molecule has 0 heterocycles. The predicted molar refractivity (Wildman–Crippen MR) is 64.1 cm³/mol. The van der Waals surface area contributed by atoms with Gasteiger partial charge in [-0.2, -0.15) is 0 Å². The maximum atomic E-state index is 11.7. The lowest BCUT2D eigenvalue weighted by Gasteiger charge is -2.06. The van der Waals surface area contributed by atoms with Crippen LogP contribution in [0.25, 0.3) is 0 Å². The van der Waals surface area contributed by atoms with Crippen molar-refractivity contribution in [2.45, 2.75) is 13.8 Å². The van der Waals surface area contributed by atoms with Gasteiger partial charge in [0.25, 0.3) is 0 Å². The summed E-state index contributed by atoms with van der Waals surface area (Å²) in [6.45, 7) is 4.89. The van der Waals surface area contributed by atoms with Crippen LogP contribution in [-0.2, 0) is 4.74 Å². The molecule has 0 unspecified atom stereocenters. The minimum absolute atomic E-state index is 0.0168. The zero-order valence-corrected chi connectivity index (χ0v) is 10.6. The molecule has 0 saturated heterocycles. The van der Waals surface area contributed by atoms with Gasteiger partial charge in [0.1, 0.15) is 6.61 Å². The monoisotopic (exact) mass is 270 g/mol. The highest BCUT2D eigenvalue weighted by Gasteiger charge is 2.09. The SMILES string of the molecule is CC(C)COCC(=O)c1ccccc1Br. The Morgan fingerprint density at radius 3 is 2.67 bits per heavy atom. The van der Waals surface area contributed by atoms with Crippen LogP contribution in [0.2, 0.25) is 0 Å². The van der Waals surface area contributed by atoms with Crippen LogP contribution in [0.3, 0.4) is 0 Å². The molecule has 0 N–H and O–H groups in total. The first kappa shape index (κ1) is 12.4. The minimum atomic E-state index is 0.0168. The number of benzene rings is 1. The molecule has 1 aromatic rings. The summed E-state index contributed by atoms with van der Waals surface area (Å²) in [7, 11) is 0. The first-order valence-corrected chi connectivity index (χ1v) is 5.76. The number of Topliss-reactive ketones (excluding diaryl/α,β-unsaturated/α-hetero) is 1. The molecule has 0 aliphatic rings. The van der Waals surface area contributed by atoms with Crippen molar-refractivity contribution < 1.29 is 9.53 Å². The number of carbonyl (C=O) groups is 1. The first-order chi connectivity index (χ1) is 7.11. The third kappa shape index (κ3) is 4.14. The molecule has 1 rings (SSSR count). The quantitative estimate of drug-likeness (QED) is 0.768. The molecule has 15 heavy (non-hydrogen) atoms. The molecule has 0 fully saturated rings. The molecule has 0 amide bonds. The van der Waals surface area contributed by atoms with E-state index in [9.17, 15) is 4.79 Å².